The van der Waals surface area contributed by atoms with E-state index in [-0.39, 0.29) is 5.91 Å². The molecule has 100 valence electrons. The van der Waals surface area contributed by atoms with Gasteiger partial charge in [0.25, 0.3) is 5.91 Å². The van der Waals surface area contributed by atoms with E-state index in [2.05, 4.69) is 6.07 Å². The van der Waals surface area contributed by atoms with Gasteiger partial charge in [0, 0.05) is 23.5 Å². The third-order valence-corrected chi connectivity index (χ3v) is 4.33. The number of carbonyl (C=O) groups excluding carboxylic acids is 1. The number of piperidine rings is 1. The minimum absolute atomic E-state index is 0.0360. The lowest BCUT2D eigenvalue weighted by molar-refractivity contribution is 0.0630. The lowest BCUT2D eigenvalue weighted by atomic mass is 9.83. The molecule has 0 aliphatic carbocycles. The van der Waals surface area contributed by atoms with Crippen molar-refractivity contribution in [3.8, 4) is 6.07 Å². The summed E-state index contributed by atoms with van der Waals surface area (Å²) in [6.45, 7) is 3.22. The fourth-order valence-corrected chi connectivity index (χ4v) is 2.83. The zero-order chi connectivity index (χ0) is 13.9. The average Bonchev–Trinajstić information content (AvgIpc) is 2.46. The van der Waals surface area contributed by atoms with E-state index >= 15 is 0 Å². The number of rotatable bonds is 2. The van der Waals surface area contributed by atoms with Crippen LogP contribution in [0.4, 0.5) is 0 Å². The molecule has 1 aliphatic rings. The molecule has 1 fully saturated rings. The van der Waals surface area contributed by atoms with Gasteiger partial charge in [-0.05, 0) is 50.3 Å². The molecule has 4 heteroatoms. The molecule has 1 atom stereocenters. The molecule has 0 bridgehead atoms. The van der Waals surface area contributed by atoms with Crippen LogP contribution in [0, 0.1) is 16.7 Å². The standard InChI is InChI=1S/C15H18N2OS/c1-15(10-16)8-3-9-17(11-15)14(18)12-4-6-13(19-2)7-5-12/h4-7H,3,8-9,11H2,1-2H3/t15-/m0/s1. The van der Waals surface area contributed by atoms with E-state index in [1.807, 2.05) is 37.4 Å². The van der Waals surface area contributed by atoms with Crippen molar-refractivity contribution in [2.24, 2.45) is 5.41 Å². The summed E-state index contributed by atoms with van der Waals surface area (Å²) in [5.41, 5.74) is 0.313. The van der Waals surface area contributed by atoms with Crippen LogP contribution in [0.5, 0.6) is 0 Å². The van der Waals surface area contributed by atoms with Gasteiger partial charge >= 0.3 is 0 Å². The van der Waals surface area contributed by atoms with Gasteiger partial charge in [-0.3, -0.25) is 4.79 Å². The Labute approximate surface area is 118 Å². The van der Waals surface area contributed by atoms with E-state index < -0.39 is 5.41 Å². The number of hydrogen-bond donors (Lipinski definition) is 0. The number of carbonyl (C=O) groups is 1. The van der Waals surface area contributed by atoms with Crippen molar-refractivity contribution in [3.05, 3.63) is 29.8 Å². The second-order valence-electron chi connectivity index (χ2n) is 5.23. The van der Waals surface area contributed by atoms with Crippen LogP contribution in [-0.2, 0) is 0 Å². The highest BCUT2D eigenvalue weighted by Crippen LogP contribution is 2.29. The van der Waals surface area contributed by atoms with Crippen molar-refractivity contribution in [2.45, 2.75) is 24.7 Å². The van der Waals surface area contributed by atoms with Crippen molar-refractivity contribution in [3.63, 3.8) is 0 Å². The molecule has 2 rings (SSSR count). The third-order valence-electron chi connectivity index (χ3n) is 3.59. The number of nitriles is 1. The molecule has 3 nitrogen and oxygen atoms in total. The van der Waals surface area contributed by atoms with Crippen LogP contribution in [0.15, 0.2) is 29.2 Å². The van der Waals surface area contributed by atoms with Crippen LogP contribution in [0.3, 0.4) is 0 Å². The minimum atomic E-state index is -0.396. The molecule has 0 N–H and O–H groups in total. The highest BCUT2D eigenvalue weighted by Gasteiger charge is 2.33. The monoisotopic (exact) mass is 274 g/mol. The van der Waals surface area contributed by atoms with Crippen LogP contribution >= 0.6 is 11.8 Å². The van der Waals surface area contributed by atoms with E-state index in [1.54, 1.807) is 16.7 Å². The van der Waals surface area contributed by atoms with Gasteiger partial charge in [-0.25, -0.2) is 0 Å². The van der Waals surface area contributed by atoms with Crippen LogP contribution < -0.4 is 0 Å². The van der Waals surface area contributed by atoms with Gasteiger partial charge < -0.3 is 4.90 Å². The number of amides is 1. The second-order valence-corrected chi connectivity index (χ2v) is 6.11. The van der Waals surface area contributed by atoms with E-state index in [4.69, 9.17) is 0 Å². The van der Waals surface area contributed by atoms with Crippen molar-refractivity contribution in [1.82, 2.24) is 4.90 Å². The lowest BCUT2D eigenvalue weighted by Crippen LogP contribution is -2.44. The fraction of sp³-hybridized carbons (Fsp3) is 0.467. The zero-order valence-corrected chi connectivity index (χ0v) is 12.2. The predicted molar refractivity (Wildman–Crippen MR) is 77.1 cm³/mol. The van der Waals surface area contributed by atoms with Crippen LogP contribution in [-0.4, -0.2) is 30.2 Å². The Morgan fingerprint density at radius 1 is 1.42 bits per heavy atom. The van der Waals surface area contributed by atoms with Gasteiger partial charge in [0.1, 0.15) is 0 Å². The molecule has 19 heavy (non-hydrogen) atoms. The topological polar surface area (TPSA) is 44.1 Å². The smallest absolute Gasteiger partial charge is 0.253 e. The molecule has 0 saturated carbocycles. The van der Waals surface area contributed by atoms with Crippen molar-refractivity contribution < 1.29 is 4.79 Å². The number of thioether (sulfide) groups is 1. The first-order chi connectivity index (χ1) is 9.08. The first-order valence-electron chi connectivity index (χ1n) is 6.42. The maximum Gasteiger partial charge on any atom is 0.253 e. The summed E-state index contributed by atoms with van der Waals surface area (Å²) in [4.78, 5) is 15.4. The Hall–Kier alpha value is -1.47. The maximum atomic E-state index is 12.4. The van der Waals surface area contributed by atoms with Gasteiger partial charge in [0.15, 0.2) is 0 Å². The molecule has 1 heterocycles. The molecule has 0 unspecified atom stereocenters. The summed E-state index contributed by atoms with van der Waals surface area (Å²) >= 11 is 1.66. The SMILES string of the molecule is CSc1ccc(C(=O)N2CCC[C@@](C)(C#N)C2)cc1. The molecule has 0 radical (unpaired) electrons. The van der Waals surface area contributed by atoms with Gasteiger partial charge in [-0.15, -0.1) is 11.8 Å². The molecule has 1 aromatic rings. The Kier molecular flexibility index (Phi) is 4.16. The molecule has 0 spiro atoms. The van der Waals surface area contributed by atoms with E-state index in [1.165, 1.54) is 0 Å². The molecule has 1 aromatic carbocycles. The summed E-state index contributed by atoms with van der Waals surface area (Å²) in [7, 11) is 0. The number of benzene rings is 1. The highest BCUT2D eigenvalue weighted by molar-refractivity contribution is 7.98. The summed E-state index contributed by atoms with van der Waals surface area (Å²) in [6.07, 6.45) is 3.79. The Morgan fingerprint density at radius 3 is 2.68 bits per heavy atom. The van der Waals surface area contributed by atoms with Crippen molar-refractivity contribution >= 4 is 17.7 Å². The van der Waals surface area contributed by atoms with Crippen molar-refractivity contribution in [1.29, 1.82) is 5.26 Å². The lowest BCUT2D eigenvalue weighted by Gasteiger charge is -2.36. The van der Waals surface area contributed by atoms with E-state index in [0.29, 0.717) is 12.1 Å². The molecular formula is C15H18N2OS. The van der Waals surface area contributed by atoms with E-state index in [0.717, 1.165) is 24.3 Å². The Bertz CT molecular complexity index is 506. The summed E-state index contributed by atoms with van der Waals surface area (Å²) in [5, 5.41) is 9.20. The molecule has 1 aliphatic heterocycles. The quantitative estimate of drug-likeness (QED) is 0.778. The maximum absolute atomic E-state index is 12.4. The first kappa shape index (κ1) is 14.0. The average molecular weight is 274 g/mol. The first-order valence-corrected chi connectivity index (χ1v) is 7.65. The summed E-state index contributed by atoms with van der Waals surface area (Å²) < 4.78 is 0. The number of likely N-dealkylation sites (tertiary alicyclic amines) is 1. The number of nitrogens with zero attached hydrogens (tertiary/aromatic N) is 2. The molecule has 1 saturated heterocycles. The van der Waals surface area contributed by atoms with Gasteiger partial charge in [0.05, 0.1) is 11.5 Å². The van der Waals surface area contributed by atoms with Gasteiger partial charge in [-0.1, -0.05) is 0 Å². The van der Waals surface area contributed by atoms with Crippen molar-refractivity contribution in [2.75, 3.05) is 19.3 Å². The third kappa shape index (κ3) is 3.10. The van der Waals surface area contributed by atoms with Crippen LogP contribution in [0.1, 0.15) is 30.1 Å². The normalized spacial score (nSPS) is 22.9. The number of hydrogen-bond acceptors (Lipinski definition) is 3. The summed E-state index contributed by atoms with van der Waals surface area (Å²) in [6, 6.07) is 10.00. The second kappa shape index (κ2) is 5.66. The Balaban J connectivity index is 2.13. The van der Waals surface area contributed by atoms with Gasteiger partial charge in [0.2, 0.25) is 0 Å². The van der Waals surface area contributed by atoms with Gasteiger partial charge in [-0.2, -0.15) is 5.26 Å². The zero-order valence-electron chi connectivity index (χ0n) is 11.3. The fourth-order valence-electron chi connectivity index (χ4n) is 2.42. The molecular weight excluding hydrogens is 256 g/mol. The largest absolute Gasteiger partial charge is 0.337 e. The minimum Gasteiger partial charge on any atom is -0.337 e. The van der Waals surface area contributed by atoms with Crippen LogP contribution in [0.25, 0.3) is 0 Å². The van der Waals surface area contributed by atoms with Crippen LogP contribution in [0.2, 0.25) is 0 Å². The van der Waals surface area contributed by atoms with E-state index in [9.17, 15) is 10.1 Å². The Morgan fingerprint density at radius 2 is 2.11 bits per heavy atom. The molecule has 0 aromatic heterocycles. The highest BCUT2D eigenvalue weighted by atomic mass is 32.2. The summed E-state index contributed by atoms with van der Waals surface area (Å²) in [5.74, 6) is 0.0360. The molecule has 1 amide bonds. The predicted octanol–water partition coefficient (Wildman–Crippen LogP) is 3.17.